The van der Waals surface area contributed by atoms with Crippen LogP contribution in [-0.2, 0) is 4.79 Å². The summed E-state index contributed by atoms with van der Waals surface area (Å²) in [6, 6.07) is 5.21. The number of rotatable bonds is 4. The van der Waals surface area contributed by atoms with Crippen LogP contribution in [-0.4, -0.2) is 30.2 Å². The average Bonchev–Trinajstić information content (AvgIpc) is 3.23. The van der Waals surface area contributed by atoms with Gasteiger partial charge in [0.15, 0.2) is 11.5 Å². The van der Waals surface area contributed by atoms with Crippen LogP contribution in [0.1, 0.15) is 50.5 Å². The Hall–Kier alpha value is -2.50. The molecule has 0 atom stereocenters. The fraction of sp³-hybridized carbons (Fsp3) is 0.565. The second-order valence-electron chi connectivity index (χ2n) is 9.73. The lowest BCUT2D eigenvalue weighted by molar-refractivity contribution is -0.123. The molecule has 6 heteroatoms. The number of benzene rings is 1. The molecule has 6 aliphatic rings. The van der Waals surface area contributed by atoms with Crippen LogP contribution in [0.2, 0.25) is 0 Å². The Morgan fingerprint density at radius 2 is 1.72 bits per heavy atom. The third-order valence-electron chi connectivity index (χ3n) is 7.70. The van der Waals surface area contributed by atoms with Crippen molar-refractivity contribution in [3.05, 3.63) is 29.5 Å². The molecule has 4 aliphatic carbocycles. The number of fused-ring (bicyclic) bond motifs is 1. The predicted molar refractivity (Wildman–Crippen MR) is 106 cm³/mol. The molecule has 1 aromatic carbocycles. The first kappa shape index (κ1) is 17.4. The molecule has 4 bridgehead atoms. The molecular weight excluding hydrogens is 368 g/mol. The van der Waals surface area contributed by atoms with Crippen molar-refractivity contribution in [3.8, 4) is 11.5 Å². The van der Waals surface area contributed by atoms with Crippen LogP contribution in [0.3, 0.4) is 0 Å². The maximum absolute atomic E-state index is 12.9. The van der Waals surface area contributed by atoms with Crippen LogP contribution in [0.25, 0.3) is 6.08 Å². The Morgan fingerprint density at radius 3 is 2.45 bits per heavy atom. The molecule has 1 aromatic rings. The first-order chi connectivity index (χ1) is 14.1. The van der Waals surface area contributed by atoms with E-state index in [0.29, 0.717) is 29.2 Å². The SMILES string of the molecule is O=C1NC(=Cc2ccc3c(c2)OCO3)C(=O)N1CCC12CC3CC(CC(C3)C1)C2. The number of hydrogen-bond donors (Lipinski definition) is 1. The number of imide groups is 1. The number of ether oxygens (including phenoxy) is 2. The first-order valence-corrected chi connectivity index (χ1v) is 10.8. The molecule has 0 unspecified atom stereocenters. The van der Waals surface area contributed by atoms with Crippen LogP contribution >= 0.6 is 0 Å². The Labute approximate surface area is 170 Å². The second-order valence-corrected chi connectivity index (χ2v) is 9.73. The molecule has 5 fully saturated rings. The molecule has 4 saturated carbocycles. The van der Waals surface area contributed by atoms with E-state index in [1.807, 2.05) is 18.2 Å². The number of hydrogen-bond acceptors (Lipinski definition) is 4. The van der Waals surface area contributed by atoms with Gasteiger partial charge >= 0.3 is 6.03 Å². The van der Waals surface area contributed by atoms with E-state index in [-0.39, 0.29) is 18.7 Å². The molecule has 2 heterocycles. The first-order valence-electron chi connectivity index (χ1n) is 10.8. The monoisotopic (exact) mass is 394 g/mol. The summed E-state index contributed by atoms with van der Waals surface area (Å²) in [7, 11) is 0. The zero-order chi connectivity index (χ0) is 19.6. The topological polar surface area (TPSA) is 67.9 Å². The number of urea groups is 1. The highest BCUT2D eigenvalue weighted by Gasteiger charge is 2.51. The van der Waals surface area contributed by atoms with Crippen molar-refractivity contribution in [3.63, 3.8) is 0 Å². The highest BCUT2D eigenvalue weighted by atomic mass is 16.7. The number of nitrogens with zero attached hydrogens (tertiary/aromatic N) is 1. The number of nitrogens with one attached hydrogen (secondary N) is 1. The Bertz CT molecular complexity index is 886. The molecule has 7 rings (SSSR count). The summed E-state index contributed by atoms with van der Waals surface area (Å²) in [5, 5.41) is 2.76. The standard InChI is InChI=1S/C23H26N2O4/c26-21-18(8-14-1-2-19-20(9-14)29-13-28-19)24-22(27)25(21)4-3-23-10-15-5-16(11-23)7-17(6-15)12-23/h1-2,8-9,15-17H,3-7,10-13H2,(H,24,27). The van der Waals surface area contributed by atoms with E-state index >= 15 is 0 Å². The normalized spacial score (nSPS) is 35.7. The molecule has 29 heavy (non-hydrogen) atoms. The molecule has 2 aliphatic heterocycles. The minimum Gasteiger partial charge on any atom is -0.454 e. The summed E-state index contributed by atoms with van der Waals surface area (Å²) in [5.74, 6) is 3.78. The van der Waals surface area contributed by atoms with Crippen molar-refractivity contribution in [1.82, 2.24) is 10.2 Å². The smallest absolute Gasteiger partial charge is 0.329 e. The highest BCUT2D eigenvalue weighted by Crippen LogP contribution is 2.61. The summed E-state index contributed by atoms with van der Waals surface area (Å²) in [5.41, 5.74) is 1.50. The maximum Gasteiger partial charge on any atom is 0.329 e. The van der Waals surface area contributed by atoms with Crippen LogP contribution in [0.15, 0.2) is 23.9 Å². The van der Waals surface area contributed by atoms with Crippen molar-refractivity contribution in [2.24, 2.45) is 23.2 Å². The molecule has 152 valence electrons. The lowest BCUT2D eigenvalue weighted by Gasteiger charge is -2.57. The van der Waals surface area contributed by atoms with E-state index in [4.69, 9.17) is 9.47 Å². The number of carbonyl (C=O) groups excluding carboxylic acids is 2. The fourth-order valence-corrected chi connectivity index (χ4v) is 6.89. The molecule has 1 N–H and O–H groups in total. The van der Waals surface area contributed by atoms with E-state index in [1.54, 1.807) is 6.08 Å². The van der Waals surface area contributed by atoms with E-state index < -0.39 is 0 Å². The van der Waals surface area contributed by atoms with Gasteiger partial charge in [-0.2, -0.15) is 0 Å². The molecule has 0 aromatic heterocycles. The zero-order valence-corrected chi connectivity index (χ0v) is 16.5. The van der Waals surface area contributed by atoms with Gasteiger partial charge in [-0.05, 0) is 91.9 Å². The highest BCUT2D eigenvalue weighted by molar-refractivity contribution is 6.14. The third-order valence-corrected chi connectivity index (χ3v) is 7.70. The lowest BCUT2D eigenvalue weighted by Crippen LogP contribution is -2.47. The van der Waals surface area contributed by atoms with Gasteiger partial charge in [0.2, 0.25) is 6.79 Å². The van der Waals surface area contributed by atoms with Gasteiger partial charge in [-0.25, -0.2) is 4.79 Å². The molecule has 3 amide bonds. The van der Waals surface area contributed by atoms with E-state index in [2.05, 4.69) is 5.32 Å². The van der Waals surface area contributed by atoms with Crippen molar-refractivity contribution in [1.29, 1.82) is 0 Å². The fourth-order valence-electron chi connectivity index (χ4n) is 6.89. The molecule has 6 nitrogen and oxygen atoms in total. The van der Waals surface area contributed by atoms with Crippen molar-refractivity contribution in [2.75, 3.05) is 13.3 Å². The van der Waals surface area contributed by atoms with Gasteiger partial charge in [-0.15, -0.1) is 0 Å². The van der Waals surface area contributed by atoms with E-state index in [0.717, 1.165) is 29.7 Å². The van der Waals surface area contributed by atoms with Gasteiger partial charge in [0, 0.05) is 6.54 Å². The Morgan fingerprint density at radius 1 is 1.03 bits per heavy atom. The number of carbonyl (C=O) groups is 2. The van der Waals surface area contributed by atoms with Gasteiger partial charge in [-0.3, -0.25) is 9.69 Å². The maximum atomic E-state index is 12.9. The van der Waals surface area contributed by atoms with Crippen molar-refractivity contribution < 1.29 is 19.1 Å². The van der Waals surface area contributed by atoms with Gasteiger partial charge in [0.05, 0.1) is 0 Å². The van der Waals surface area contributed by atoms with Gasteiger partial charge < -0.3 is 14.8 Å². The summed E-state index contributed by atoms with van der Waals surface area (Å²) in [4.78, 5) is 26.8. The van der Waals surface area contributed by atoms with E-state index in [1.165, 1.54) is 43.4 Å². The molecule has 0 radical (unpaired) electrons. The van der Waals surface area contributed by atoms with Crippen molar-refractivity contribution >= 4 is 18.0 Å². The summed E-state index contributed by atoms with van der Waals surface area (Å²) in [6.45, 7) is 0.735. The van der Waals surface area contributed by atoms with Crippen LogP contribution < -0.4 is 14.8 Å². The molecule has 1 saturated heterocycles. The summed E-state index contributed by atoms with van der Waals surface area (Å²) >= 11 is 0. The van der Waals surface area contributed by atoms with Crippen LogP contribution in [0.5, 0.6) is 11.5 Å². The number of amides is 3. The van der Waals surface area contributed by atoms with Gasteiger partial charge in [-0.1, -0.05) is 6.07 Å². The minimum absolute atomic E-state index is 0.211. The van der Waals surface area contributed by atoms with Gasteiger partial charge in [0.25, 0.3) is 5.91 Å². The minimum atomic E-state index is -0.299. The van der Waals surface area contributed by atoms with Gasteiger partial charge in [0.1, 0.15) is 5.70 Å². The van der Waals surface area contributed by atoms with Crippen molar-refractivity contribution in [2.45, 2.75) is 44.9 Å². The Kier molecular flexibility index (Phi) is 3.74. The summed E-state index contributed by atoms with van der Waals surface area (Å²) in [6.07, 6.45) is 10.8. The zero-order valence-electron chi connectivity index (χ0n) is 16.5. The Balaban J connectivity index is 1.16. The van der Waals surface area contributed by atoms with E-state index in [9.17, 15) is 9.59 Å². The largest absolute Gasteiger partial charge is 0.454 e. The van der Waals surface area contributed by atoms with Crippen LogP contribution in [0.4, 0.5) is 4.79 Å². The van der Waals surface area contributed by atoms with Crippen LogP contribution in [0, 0.1) is 23.2 Å². The molecular formula is C23H26N2O4. The quantitative estimate of drug-likeness (QED) is 0.621. The predicted octanol–water partition coefficient (Wildman–Crippen LogP) is 3.91. The molecule has 0 spiro atoms. The average molecular weight is 394 g/mol. The lowest BCUT2D eigenvalue weighted by atomic mass is 9.49. The third kappa shape index (κ3) is 2.92. The second kappa shape index (κ2) is 6.25. The summed E-state index contributed by atoms with van der Waals surface area (Å²) < 4.78 is 10.7.